The van der Waals surface area contributed by atoms with Gasteiger partial charge in [-0.25, -0.2) is 0 Å². The fourth-order valence-corrected chi connectivity index (χ4v) is 3.14. The van der Waals surface area contributed by atoms with Gasteiger partial charge < -0.3 is 4.90 Å². The Hall–Kier alpha value is -2.13. The minimum atomic E-state index is 0.156. The molecule has 0 bridgehead atoms. The number of aryl methyl sites for hydroxylation is 2. The van der Waals surface area contributed by atoms with Gasteiger partial charge in [0.25, 0.3) is 5.91 Å². The van der Waals surface area contributed by atoms with E-state index in [1.165, 1.54) is 11.1 Å². The van der Waals surface area contributed by atoms with Crippen molar-refractivity contribution in [3.8, 4) is 0 Å². The SMILES string of the molecule is Cc1cccc(CN2CCN(C(=O)c3cccc(C)c3)CC2)c1. The van der Waals surface area contributed by atoms with Crippen LogP contribution in [-0.2, 0) is 6.54 Å². The maximum Gasteiger partial charge on any atom is 0.253 e. The van der Waals surface area contributed by atoms with Crippen molar-refractivity contribution in [2.24, 2.45) is 0 Å². The summed E-state index contributed by atoms with van der Waals surface area (Å²) in [5, 5.41) is 0. The highest BCUT2D eigenvalue weighted by Gasteiger charge is 2.22. The van der Waals surface area contributed by atoms with Crippen LogP contribution in [0.1, 0.15) is 27.0 Å². The molecule has 0 atom stereocenters. The van der Waals surface area contributed by atoms with Crippen LogP contribution >= 0.6 is 0 Å². The lowest BCUT2D eigenvalue weighted by Gasteiger charge is -2.35. The molecule has 0 saturated carbocycles. The number of benzene rings is 2. The molecule has 3 rings (SSSR count). The quantitative estimate of drug-likeness (QED) is 0.869. The number of hydrogen-bond donors (Lipinski definition) is 0. The third-order valence-corrected chi connectivity index (χ3v) is 4.41. The second kappa shape index (κ2) is 6.97. The second-order valence-corrected chi connectivity index (χ2v) is 6.43. The first-order valence-electron chi connectivity index (χ1n) is 8.26. The van der Waals surface area contributed by atoms with E-state index in [9.17, 15) is 4.79 Å². The molecule has 0 N–H and O–H groups in total. The smallest absolute Gasteiger partial charge is 0.253 e. The van der Waals surface area contributed by atoms with Crippen LogP contribution < -0.4 is 0 Å². The van der Waals surface area contributed by atoms with E-state index in [0.29, 0.717) is 0 Å². The molecule has 3 heteroatoms. The minimum absolute atomic E-state index is 0.156. The van der Waals surface area contributed by atoms with Crippen molar-refractivity contribution in [1.29, 1.82) is 0 Å². The molecule has 0 radical (unpaired) electrons. The highest BCUT2D eigenvalue weighted by atomic mass is 16.2. The monoisotopic (exact) mass is 308 g/mol. The normalized spacial score (nSPS) is 15.7. The van der Waals surface area contributed by atoms with E-state index in [2.05, 4.69) is 36.1 Å². The molecule has 0 unspecified atom stereocenters. The highest BCUT2D eigenvalue weighted by molar-refractivity contribution is 5.94. The molecule has 1 saturated heterocycles. The Balaban J connectivity index is 1.57. The van der Waals surface area contributed by atoms with E-state index in [4.69, 9.17) is 0 Å². The average molecular weight is 308 g/mol. The van der Waals surface area contributed by atoms with E-state index in [1.807, 2.05) is 36.1 Å². The van der Waals surface area contributed by atoms with Gasteiger partial charge in [-0.3, -0.25) is 9.69 Å². The summed E-state index contributed by atoms with van der Waals surface area (Å²) in [6, 6.07) is 16.5. The summed E-state index contributed by atoms with van der Waals surface area (Å²) in [5.74, 6) is 0.156. The van der Waals surface area contributed by atoms with E-state index in [0.717, 1.165) is 43.9 Å². The fraction of sp³-hybridized carbons (Fsp3) is 0.350. The minimum Gasteiger partial charge on any atom is -0.336 e. The molecule has 0 aliphatic carbocycles. The van der Waals surface area contributed by atoms with Gasteiger partial charge in [0, 0.05) is 38.3 Å². The van der Waals surface area contributed by atoms with Gasteiger partial charge in [-0.05, 0) is 31.5 Å². The van der Waals surface area contributed by atoms with Crippen molar-refractivity contribution in [3.05, 3.63) is 70.8 Å². The van der Waals surface area contributed by atoms with Gasteiger partial charge in [-0.1, -0.05) is 47.5 Å². The summed E-state index contributed by atoms with van der Waals surface area (Å²) in [6.45, 7) is 8.60. The molecule has 23 heavy (non-hydrogen) atoms. The number of piperazine rings is 1. The Labute approximate surface area is 138 Å². The predicted octanol–water partition coefficient (Wildman–Crippen LogP) is 3.26. The summed E-state index contributed by atoms with van der Waals surface area (Å²) in [4.78, 5) is 17.0. The summed E-state index contributed by atoms with van der Waals surface area (Å²) in [5.41, 5.74) is 4.59. The zero-order valence-electron chi connectivity index (χ0n) is 14.0. The molecule has 120 valence electrons. The maximum absolute atomic E-state index is 12.6. The first-order chi connectivity index (χ1) is 11.1. The lowest BCUT2D eigenvalue weighted by atomic mass is 10.1. The molecule has 1 amide bonds. The van der Waals surface area contributed by atoms with Crippen LogP contribution in [0.25, 0.3) is 0 Å². The molecule has 3 nitrogen and oxygen atoms in total. The number of carbonyl (C=O) groups excluding carboxylic acids is 1. The van der Waals surface area contributed by atoms with Crippen LogP contribution in [0, 0.1) is 13.8 Å². The predicted molar refractivity (Wildman–Crippen MR) is 93.5 cm³/mol. The van der Waals surface area contributed by atoms with Crippen molar-refractivity contribution < 1.29 is 4.79 Å². The van der Waals surface area contributed by atoms with Crippen LogP contribution in [-0.4, -0.2) is 41.9 Å². The molecular weight excluding hydrogens is 284 g/mol. The lowest BCUT2D eigenvalue weighted by Crippen LogP contribution is -2.48. The van der Waals surface area contributed by atoms with Crippen LogP contribution in [0.15, 0.2) is 48.5 Å². The number of nitrogens with zero attached hydrogens (tertiary/aromatic N) is 2. The summed E-state index contributed by atoms with van der Waals surface area (Å²) in [6.07, 6.45) is 0. The molecule has 0 spiro atoms. The number of hydrogen-bond acceptors (Lipinski definition) is 2. The first-order valence-corrected chi connectivity index (χ1v) is 8.26. The molecule has 1 heterocycles. The van der Waals surface area contributed by atoms with Gasteiger partial charge in [0.05, 0.1) is 0 Å². The molecule has 0 aromatic heterocycles. The molecule has 2 aromatic carbocycles. The standard InChI is InChI=1S/C20H24N2O/c1-16-5-3-7-18(13-16)15-21-9-11-22(12-10-21)20(23)19-8-4-6-17(2)14-19/h3-8,13-14H,9-12,15H2,1-2H3. The lowest BCUT2D eigenvalue weighted by molar-refractivity contribution is 0.0628. The summed E-state index contributed by atoms with van der Waals surface area (Å²) in [7, 11) is 0. The zero-order valence-corrected chi connectivity index (χ0v) is 14.0. The fourth-order valence-electron chi connectivity index (χ4n) is 3.14. The Kier molecular flexibility index (Phi) is 4.77. The third kappa shape index (κ3) is 3.99. The zero-order chi connectivity index (χ0) is 16.2. The summed E-state index contributed by atoms with van der Waals surface area (Å²) < 4.78 is 0. The van der Waals surface area contributed by atoms with Crippen molar-refractivity contribution in [3.63, 3.8) is 0 Å². The van der Waals surface area contributed by atoms with Crippen LogP contribution in [0.4, 0.5) is 0 Å². The Morgan fingerprint density at radius 1 is 0.913 bits per heavy atom. The van der Waals surface area contributed by atoms with Crippen LogP contribution in [0.3, 0.4) is 0 Å². The topological polar surface area (TPSA) is 23.6 Å². The van der Waals surface area contributed by atoms with Gasteiger partial charge >= 0.3 is 0 Å². The molecule has 1 fully saturated rings. The van der Waals surface area contributed by atoms with Crippen molar-refractivity contribution in [1.82, 2.24) is 9.80 Å². The van der Waals surface area contributed by atoms with Crippen molar-refractivity contribution in [2.75, 3.05) is 26.2 Å². The van der Waals surface area contributed by atoms with Crippen LogP contribution in [0.2, 0.25) is 0 Å². The van der Waals surface area contributed by atoms with Gasteiger partial charge in [-0.15, -0.1) is 0 Å². The summed E-state index contributed by atoms with van der Waals surface area (Å²) >= 11 is 0. The molecular formula is C20H24N2O. The van der Waals surface area contributed by atoms with Crippen LogP contribution in [0.5, 0.6) is 0 Å². The van der Waals surface area contributed by atoms with Gasteiger partial charge in [0.2, 0.25) is 0 Å². The number of rotatable bonds is 3. The second-order valence-electron chi connectivity index (χ2n) is 6.43. The van der Waals surface area contributed by atoms with Gasteiger partial charge in [0.1, 0.15) is 0 Å². The third-order valence-electron chi connectivity index (χ3n) is 4.41. The van der Waals surface area contributed by atoms with E-state index in [1.54, 1.807) is 0 Å². The molecule has 1 aliphatic rings. The van der Waals surface area contributed by atoms with Gasteiger partial charge in [0.15, 0.2) is 0 Å². The largest absolute Gasteiger partial charge is 0.336 e. The number of amides is 1. The van der Waals surface area contributed by atoms with Crippen molar-refractivity contribution >= 4 is 5.91 Å². The highest BCUT2D eigenvalue weighted by Crippen LogP contribution is 2.13. The molecule has 1 aliphatic heterocycles. The average Bonchev–Trinajstić information content (AvgIpc) is 2.55. The van der Waals surface area contributed by atoms with E-state index in [-0.39, 0.29) is 5.91 Å². The maximum atomic E-state index is 12.6. The van der Waals surface area contributed by atoms with E-state index >= 15 is 0 Å². The first kappa shape index (κ1) is 15.8. The van der Waals surface area contributed by atoms with Crippen molar-refractivity contribution in [2.45, 2.75) is 20.4 Å². The Morgan fingerprint density at radius 3 is 2.22 bits per heavy atom. The Morgan fingerprint density at radius 2 is 1.57 bits per heavy atom. The van der Waals surface area contributed by atoms with Gasteiger partial charge in [-0.2, -0.15) is 0 Å². The van der Waals surface area contributed by atoms with E-state index < -0.39 is 0 Å². The molecule has 2 aromatic rings. The number of carbonyl (C=O) groups is 1. The Bertz CT molecular complexity index is 688.